The van der Waals surface area contributed by atoms with Gasteiger partial charge in [0.05, 0.1) is 19.1 Å². The molecule has 1 aromatic carbocycles. The first-order chi connectivity index (χ1) is 7.79. The molecular weight excluding hydrogens is 222 g/mol. The smallest absolute Gasteiger partial charge is 0.120 e. The molecule has 0 amide bonds. The Hall–Kier alpha value is -1.55. The first-order valence-corrected chi connectivity index (χ1v) is 5.87. The lowest BCUT2D eigenvalue weighted by Crippen LogP contribution is -1.90. The molecule has 2 aromatic rings. The highest BCUT2D eigenvalue weighted by Gasteiger charge is 2.04. The van der Waals surface area contributed by atoms with Crippen LogP contribution in [0.5, 0.6) is 5.75 Å². The van der Waals surface area contributed by atoms with Gasteiger partial charge in [0.25, 0.3) is 0 Å². The molecule has 0 unspecified atom stereocenters. The van der Waals surface area contributed by atoms with E-state index >= 15 is 0 Å². The molecule has 3 nitrogen and oxygen atoms in total. The van der Waals surface area contributed by atoms with Crippen LogP contribution in [-0.4, -0.2) is 7.11 Å². The van der Waals surface area contributed by atoms with Gasteiger partial charge in [-0.2, -0.15) is 0 Å². The Labute approximate surface area is 98.6 Å². The molecule has 0 aliphatic heterocycles. The van der Waals surface area contributed by atoms with Gasteiger partial charge in [-0.05, 0) is 30.3 Å². The van der Waals surface area contributed by atoms with Gasteiger partial charge in [-0.15, -0.1) is 11.8 Å². The maximum atomic E-state index is 5.88. The van der Waals surface area contributed by atoms with E-state index in [0.29, 0.717) is 0 Å². The van der Waals surface area contributed by atoms with Crippen LogP contribution < -0.4 is 10.5 Å². The van der Waals surface area contributed by atoms with Crippen LogP contribution in [0.1, 0.15) is 5.76 Å². The van der Waals surface area contributed by atoms with E-state index in [2.05, 4.69) is 0 Å². The van der Waals surface area contributed by atoms with Crippen LogP contribution >= 0.6 is 11.8 Å². The number of hydrogen-bond acceptors (Lipinski definition) is 4. The third kappa shape index (κ3) is 2.52. The van der Waals surface area contributed by atoms with E-state index in [0.717, 1.165) is 27.8 Å². The van der Waals surface area contributed by atoms with Crippen molar-refractivity contribution < 1.29 is 9.15 Å². The number of benzene rings is 1. The summed E-state index contributed by atoms with van der Waals surface area (Å²) in [6, 6.07) is 9.46. The summed E-state index contributed by atoms with van der Waals surface area (Å²) in [5, 5.41) is 0. The van der Waals surface area contributed by atoms with E-state index in [1.807, 2.05) is 30.3 Å². The summed E-state index contributed by atoms with van der Waals surface area (Å²) in [6.45, 7) is 0. The first kappa shape index (κ1) is 11.0. The van der Waals surface area contributed by atoms with E-state index < -0.39 is 0 Å². The van der Waals surface area contributed by atoms with E-state index in [9.17, 15) is 0 Å². The van der Waals surface area contributed by atoms with Gasteiger partial charge in [0.1, 0.15) is 11.5 Å². The summed E-state index contributed by atoms with van der Waals surface area (Å²) in [6.07, 6.45) is 1.67. The van der Waals surface area contributed by atoms with Crippen LogP contribution in [0.3, 0.4) is 0 Å². The van der Waals surface area contributed by atoms with E-state index in [-0.39, 0.29) is 0 Å². The second-order valence-electron chi connectivity index (χ2n) is 3.27. The van der Waals surface area contributed by atoms with Gasteiger partial charge in [-0.1, -0.05) is 0 Å². The third-order valence-electron chi connectivity index (χ3n) is 2.17. The molecule has 0 radical (unpaired) electrons. The number of hydrogen-bond donors (Lipinski definition) is 1. The zero-order valence-corrected chi connectivity index (χ0v) is 9.79. The van der Waals surface area contributed by atoms with Crippen molar-refractivity contribution in [2.24, 2.45) is 0 Å². The average molecular weight is 235 g/mol. The number of ether oxygens (including phenoxy) is 1. The fourth-order valence-electron chi connectivity index (χ4n) is 1.31. The van der Waals surface area contributed by atoms with Crippen molar-refractivity contribution in [3.05, 3.63) is 42.4 Å². The number of rotatable bonds is 4. The summed E-state index contributed by atoms with van der Waals surface area (Å²) in [5.74, 6) is 2.52. The topological polar surface area (TPSA) is 48.4 Å². The quantitative estimate of drug-likeness (QED) is 0.653. The van der Waals surface area contributed by atoms with Crippen LogP contribution in [0.2, 0.25) is 0 Å². The fourth-order valence-corrected chi connectivity index (χ4v) is 2.21. The van der Waals surface area contributed by atoms with E-state index in [4.69, 9.17) is 14.9 Å². The normalized spacial score (nSPS) is 10.3. The highest BCUT2D eigenvalue weighted by molar-refractivity contribution is 7.98. The lowest BCUT2D eigenvalue weighted by Gasteiger charge is -2.06. The van der Waals surface area contributed by atoms with Gasteiger partial charge < -0.3 is 14.9 Å². The fraction of sp³-hybridized carbons (Fsp3) is 0.167. The molecule has 0 bridgehead atoms. The number of thioether (sulfide) groups is 1. The van der Waals surface area contributed by atoms with Gasteiger partial charge in [0.15, 0.2) is 0 Å². The lowest BCUT2D eigenvalue weighted by molar-refractivity contribution is 0.414. The maximum absolute atomic E-state index is 5.88. The molecule has 0 saturated carbocycles. The van der Waals surface area contributed by atoms with Crippen LogP contribution in [0.15, 0.2) is 45.9 Å². The number of nitrogen functional groups attached to an aromatic ring is 1. The molecular formula is C12H13NO2S. The van der Waals surface area contributed by atoms with Gasteiger partial charge >= 0.3 is 0 Å². The molecule has 0 spiro atoms. The second kappa shape index (κ2) is 4.99. The Morgan fingerprint density at radius 1 is 1.38 bits per heavy atom. The SMILES string of the molecule is COc1ccc(N)c(SCc2ccco2)c1. The highest BCUT2D eigenvalue weighted by Crippen LogP contribution is 2.31. The molecule has 1 heterocycles. The summed E-state index contributed by atoms with van der Waals surface area (Å²) in [7, 11) is 1.65. The van der Waals surface area contributed by atoms with Crippen LogP contribution in [0.4, 0.5) is 5.69 Å². The van der Waals surface area contributed by atoms with E-state index in [1.165, 1.54) is 0 Å². The zero-order valence-electron chi connectivity index (χ0n) is 8.97. The highest BCUT2D eigenvalue weighted by atomic mass is 32.2. The van der Waals surface area contributed by atoms with Crippen molar-refractivity contribution >= 4 is 17.4 Å². The molecule has 2 rings (SSSR count). The molecule has 0 aliphatic rings. The van der Waals surface area contributed by atoms with E-state index in [1.54, 1.807) is 25.1 Å². The Morgan fingerprint density at radius 3 is 2.94 bits per heavy atom. The van der Waals surface area contributed by atoms with Gasteiger partial charge in [0, 0.05) is 10.6 Å². The minimum atomic E-state index is 0.761. The van der Waals surface area contributed by atoms with Gasteiger partial charge in [-0.25, -0.2) is 0 Å². The minimum Gasteiger partial charge on any atom is -0.497 e. The predicted molar refractivity (Wildman–Crippen MR) is 65.7 cm³/mol. The van der Waals surface area contributed by atoms with Crippen molar-refractivity contribution in [2.45, 2.75) is 10.6 Å². The molecule has 0 saturated heterocycles. The second-order valence-corrected chi connectivity index (χ2v) is 4.29. The Morgan fingerprint density at radius 2 is 2.25 bits per heavy atom. The largest absolute Gasteiger partial charge is 0.497 e. The molecule has 2 N–H and O–H groups in total. The zero-order chi connectivity index (χ0) is 11.4. The number of methoxy groups -OCH3 is 1. The standard InChI is InChI=1S/C12H13NO2S/c1-14-9-4-5-11(13)12(7-9)16-8-10-3-2-6-15-10/h2-7H,8,13H2,1H3. The lowest BCUT2D eigenvalue weighted by atomic mass is 10.3. The Balaban J connectivity index is 2.08. The number of furan rings is 1. The summed E-state index contributed by atoms with van der Waals surface area (Å²) >= 11 is 1.64. The van der Waals surface area contributed by atoms with Gasteiger partial charge in [-0.3, -0.25) is 0 Å². The third-order valence-corrected chi connectivity index (χ3v) is 3.26. The molecule has 0 atom stereocenters. The van der Waals surface area contributed by atoms with Crippen molar-refractivity contribution in [1.82, 2.24) is 0 Å². The predicted octanol–water partition coefficient (Wildman–Crippen LogP) is 3.16. The molecule has 16 heavy (non-hydrogen) atoms. The monoisotopic (exact) mass is 235 g/mol. The minimum absolute atomic E-state index is 0.761. The van der Waals surface area contributed by atoms with Crippen molar-refractivity contribution in [2.75, 3.05) is 12.8 Å². The maximum Gasteiger partial charge on any atom is 0.120 e. The van der Waals surface area contributed by atoms with Crippen LogP contribution in [0, 0.1) is 0 Å². The first-order valence-electron chi connectivity index (χ1n) is 4.88. The van der Waals surface area contributed by atoms with Gasteiger partial charge in [0.2, 0.25) is 0 Å². The summed E-state index contributed by atoms with van der Waals surface area (Å²) < 4.78 is 10.4. The van der Waals surface area contributed by atoms with Crippen LogP contribution in [-0.2, 0) is 5.75 Å². The molecule has 1 aromatic heterocycles. The summed E-state index contributed by atoms with van der Waals surface area (Å²) in [4.78, 5) is 1.01. The summed E-state index contributed by atoms with van der Waals surface area (Å²) in [5.41, 5.74) is 6.64. The van der Waals surface area contributed by atoms with Crippen molar-refractivity contribution in [3.8, 4) is 5.75 Å². The molecule has 4 heteroatoms. The molecule has 0 aliphatic carbocycles. The average Bonchev–Trinajstić information content (AvgIpc) is 2.81. The molecule has 0 fully saturated rings. The van der Waals surface area contributed by atoms with Crippen LogP contribution in [0.25, 0.3) is 0 Å². The van der Waals surface area contributed by atoms with Crippen molar-refractivity contribution in [1.29, 1.82) is 0 Å². The number of anilines is 1. The Bertz CT molecular complexity index is 454. The Kier molecular flexibility index (Phi) is 3.41. The number of nitrogens with two attached hydrogens (primary N) is 1. The molecule has 84 valence electrons. The van der Waals surface area contributed by atoms with Crippen molar-refractivity contribution in [3.63, 3.8) is 0 Å².